The van der Waals surface area contributed by atoms with Crippen molar-refractivity contribution >= 4 is 16.5 Å². The molecule has 0 amide bonds. The Kier molecular flexibility index (Phi) is 17.6. The molecule has 8 heteroatoms. The van der Waals surface area contributed by atoms with Gasteiger partial charge in [0.15, 0.2) is 0 Å². The van der Waals surface area contributed by atoms with Gasteiger partial charge in [0, 0.05) is 0 Å². The first-order chi connectivity index (χ1) is 34.3. The normalized spacial score (nSPS) is 13.1. The number of rotatable bonds is 4. The molecular weight excluding hydrogens is 975 g/mol. The number of fused-ring (bicyclic) bond motifs is 4. The first-order valence-electron chi connectivity index (χ1n) is 26.9. The third-order valence-corrected chi connectivity index (χ3v) is 14.8. The molecule has 0 N–H and O–H groups in total. The van der Waals surface area contributed by atoms with E-state index in [0.29, 0.717) is 0 Å². The zero-order chi connectivity index (χ0) is 58.0. The van der Waals surface area contributed by atoms with Crippen molar-refractivity contribution in [1.29, 1.82) is 0 Å². The Morgan fingerprint density at radius 1 is 0.250 bits per heavy atom. The van der Waals surface area contributed by atoms with Gasteiger partial charge in [-0.3, -0.25) is 0 Å². The lowest BCUT2D eigenvalue weighted by Gasteiger charge is -2.40. The minimum Gasteiger partial charge on any atom is -0.598 e. The highest BCUT2D eigenvalue weighted by atomic mass is 31.1. The molecule has 408 valence electrons. The summed E-state index contributed by atoms with van der Waals surface area (Å²) < 4.78 is 17.0. The molecule has 1 aliphatic carbocycles. The van der Waals surface area contributed by atoms with E-state index in [1.54, 1.807) is 0 Å². The molecule has 0 heterocycles. The summed E-state index contributed by atoms with van der Waals surface area (Å²) in [5.41, 5.74) is 26.6. The van der Waals surface area contributed by atoms with E-state index in [1.165, 1.54) is 111 Å². The van der Waals surface area contributed by atoms with Gasteiger partial charge >= 0.3 is 0 Å². The second kappa shape index (κ2) is 21.5. The molecule has 0 unspecified atom stereocenters. The standard InChI is InChI=1S/C68H88.2HO3P/c1-61(2,3)41-29-33-47(51(37-41)65(13,14)15)57-55-45-27-25-26-28-46(45)56(55)58(48-34-30-42(62(4,5)6)38-52(48)66(16,17)18)60(50-36-32-44(64(10,11)12)40-54(50)68(22,23)24)59(57)49-35-31-43(63(7,8)9)39-53(49)67(19,20)21;2*1-4(2)3/h25-40H,1-24H3;2*(H,1,2,3)/p-2. The van der Waals surface area contributed by atoms with Crippen LogP contribution in [0.3, 0.4) is 0 Å². The zero-order valence-electron chi connectivity index (χ0n) is 50.6. The van der Waals surface area contributed by atoms with Crippen LogP contribution in [0.2, 0.25) is 0 Å². The molecule has 1 aliphatic rings. The van der Waals surface area contributed by atoms with E-state index in [1.807, 2.05) is 0 Å². The van der Waals surface area contributed by atoms with Crippen molar-refractivity contribution < 1.29 is 28.7 Å². The van der Waals surface area contributed by atoms with Gasteiger partial charge in [-0.2, -0.15) is 0 Å². The van der Waals surface area contributed by atoms with E-state index in [0.717, 1.165) is 0 Å². The highest BCUT2D eigenvalue weighted by Gasteiger charge is 2.41. The summed E-state index contributed by atoms with van der Waals surface area (Å²) in [4.78, 5) is 33.9. The molecule has 6 aromatic carbocycles. The Hall–Kier alpha value is -4.64. The molecule has 0 aliphatic heterocycles. The summed E-state index contributed by atoms with van der Waals surface area (Å²) in [6.45, 7) is 57.4. The molecule has 7 rings (SSSR count). The summed E-state index contributed by atoms with van der Waals surface area (Å²) in [7, 11) is -6.74. The predicted octanol–water partition coefficient (Wildman–Crippen LogP) is 17.1. The maximum absolute atomic E-state index is 8.48. The molecule has 0 aromatic heterocycles. The van der Waals surface area contributed by atoms with Crippen LogP contribution in [-0.2, 0) is 52.5 Å². The fourth-order valence-electron chi connectivity index (χ4n) is 10.6. The Balaban J connectivity index is 0.00000124. The second-order valence-electron chi connectivity index (χ2n) is 29.3. The maximum atomic E-state index is 8.48. The van der Waals surface area contributed by atoms with Crippen molar-refractivity contribution in [2.75, 3.05) is 0 Å². The molecular formula is C68H88O6P2-2. The first-order valence-corrected chi connectivity index (χ1v) is 29.1. The summed E-state index contributed by atoms with van der Waals surface area (Å²) in [5.74, 6) is 0. The van der Waals surface area contributed by atoms with Crippen LogP contribution in [0, 0.1) is 0 Å². The minimum atomic E-state index is -3.37. The number of hydrogen-bond donors (Lipinski definition) is 0. The van der Waals surface area contributed by atoms with Crippen molar-refractivity contribution in [3.05, 3.63) is 142 Å². The van der Waals surface area contributed by atoms with E-state index in [2.05, 4.69) is 263 Å². The van der Waals surface area contributed by atoms with Crippen molar-refractivity contribution in [2.24, 2.45) is 0 Å². The molecule has 0 atom stereocenters. The fourth-order valence-corrected chi connectivity index (χ4v) is 10.6. The quantitative estimate of drug-likeness (QED) is 0.162. The third-order valence-electron chi connectivity index (χ3n) is 14.8. The summed E-state index contributed by atoms with van der Waals surface area (Å²) in [5, 5.41) is 0. The average molecular weight is 1060 g/mol. The summed E-state index contributed by atoms with van der Waals surface area (Å²) in [6.07, 6.45) is 0. The Labute approximate surface area is 460 Å². The van der Waals surface area contributed by atoms with Gasteiger partial charge in [-0.1, -0.05) is 272 Å². The zero-order valence-corrected chi connectivity index (χ0v) is 52.4. The van der Waals surface area contributed by atoms with Gasteiger partial charge in [0.1, 0.15) is 0 Å². The third kappa shape index (κ3) is 13.6. The molecule has 0 radical (unpaired) electrons. The van der Waals surface area contributed by atoms with Crippen molar-refractivity contribution in [3.8, 4) is 66.8 Å². The monoisotopic (exact) mass is 1060 g/mol. The first kappa shape index (κ1) is 62.2. The fraction of sp³-hybridized carbons (Fsp3) is 0.471. The Morgan fingerprint density at radius 3 is 0.553 bits per heavy atom. The number of benzene rings is 6. The molecule has 0 bridgehead atoms. The van der Waals surface area contributed by atoms with Gasteiger partial charge in [0.05, 0.1) is 0 Å². The van der Waals surface area contributed by atoms with Gasteiger partial charge in [-0.15, -0.1) is 0 Å². The van der Waals surface area contributed by atoms with Gasteiger partial charge in [0.25, 0.3) is 16.5 Å². The van der Waals surface area contributed by atoms with Gasteiger partial charge in [-0.25, -0.2) is 0 Å². The van der Waals surface area contributed by atoms with E-state index in [9.17, 15) is 0 Å². The molecule has 0 fully saturated rings. The average Bonchev–Trinajstić information content (AvgIpc) is 3.23. The van der Waals surface area contributed by atoms with Gasteiger partial charge < -0.3 is 19.6 Å². The SMILES string of the molecule is CC(C)(C)c1ccc(-c2c3c(c(-c4ccc(C(C)(C)C)cc4C(C)(C)C)c(-c4ccc(C(C)(C)C)cc4C(C)(C)C)c2-c2ccc(C(C)(C)C)cc2C(C)(C)C)-c2ccccc2-3)c(C(C)(C)C)c1.O=[P+]([O-])[O-].O=[P+]([O-])[O-]. The second-order valence-corrected chi connectivity index (χ2v) is 30.2. The van der Waals surface area contributed by atoms with Gasteiger partial charge in [0.2, 0.25) is 0 Å². The van der Waals surface area contributed by atoms with Crippen LogP contribution in [0.15, 0.2) is 97.1 Å². The van der Waals surface area contributed by atoms with Crippen LogP contribution in [0.4, 0.5) is 0 Å². The van der Waals surface area contributed by atoms with Gasteiger partial charge in [-0.05, 0) is 155 Å². The lowest BCUT2D eigenvalue weighted by Crippen LogP contribution is -2.21. The molecule has 76 heavy (non-hydrogen) atoms. The topological polar surface area (TPSA) is 126 Å². The Bertz CT molecular complexity index is 2950. The largest absolute Gasteiger partial charge is 0.598 e. The van der Waals surface area contributed by atoms with Crippen LogP contribution in [0.25, 0.3) is 66.8 Å². The van der Waals surface area contributed by atoms with Crippen LogP contribution in [0.5, 0.6) is 0 Å². The highest BCUT2D eigenvalue weighted by molar-refractivity contribution is 7.27. The van der Waals surface area contributed by atoms with Crippen molar-refractivity contribution in [3.63, 3.8) is 0 Å². The van der Waals surface area contributed by atoms with Crippen LogP contribution >= 0.6 is 16.5 Å². The van der Waals surface area contributed by atoms with Crippen molar-refractivity contribution in [2.45, 2.75) is 209 Å². The smallest absolute Gasteiger partial charge is 0.276 e. The van der Waals surface area contributed by atoms with Crippen molar-refractivity contribution in [1.82, 2.24) is 0 Å². The predicted molar refractivity (Wildman–Crippen MR) is 317 cm³/mol. The molecule has 0 saturated carbocycles. The lowest BCUT2D eigenvalue weighted by molar-refractivity contribution is -0.298. The van der Waals surface area contributed by atoms with E-state index < -0.39 is 16.5 Å². The van der Waals surface area contributed by atoms with Crippen LogP contribution in [0.1, 0.15) is 211 Å². The van der Waals surface area contributed by atoms with Crippen LogP contribution < -0.4 is 19.6 Å². The number of hydrogen-bond acceptors (Lipinski definition) is 6. The summed E-state index contributed by atoms with van der Waals surface area (Å²) >= 11 is 0. The maximum Gasteiger partial charge on any atom is 0.276 e. The lowest BCUT2D eigenvalue weighted by atomic mass is 9.63. The molecule has 0 saturated heterocycles. The Morgan fingerprint density at radius 2 is 0.408 bits per heavy atom. The summed E-state index contributed by atoms with van der Waals surface area (Å²) in [6, 6.07) is 39.4. The van der Waals surface area contributed by atoms with E-state index in [4.69, 9.17) is 28.7 Å². The highest BCUT2D eigenvalue weighted by Crippen LogP contribution is 2.65. The molecule has 6 nitrogen and oxygen atoms in total. The van der Waals surface area contributed by atoms with E-state index >= 15 is 0 Å². The van der Waals surface area contributed by atoms with Crippen LogP contribution in [-0.4, -0.2) is 0 Å². The molecule has 6 aromatic rings. The minimum absolute atomic E-state index is 0.00475. The molecule has 0 spiro atoms. The van der Waals surface area contributed by atoms with E-state index in [-0.39, 0.29) is 43.3 Å².